The van der Waals surface area contributed by atoms with Crippen molar-refractivity contribution in [2.45, 2.75) is 53.5 Å². The Kier molecular flexibility index (Phi) is 7.26. The summed E-state index contributed by atoms with van der Waals surface area (Å²) in [6.45, 7) is 9.27. The third kappa shape index (κ3) is 4.65. The molecule has 0 unspecified atom stereocenters. The lowest BCUT2D eigenvalue weighted by molar-refractivity contribution is 0.579. The second kappa shape index (κ2) is 7.77. The van der Waals surface area contributed by atoms with E-state index in [9.17, 15) is 0 Å². The number of nitrogens with zero attached hydrogens (tertiary/aromatic N) is 3. The van der Waals surface area contributed by atoms with E-state index in [4.69, 9.17) is 0 Å². The van der Waals surface area contributed by atoms with Crippen molar-refractivity contribution in [3.8, 4) is 0 Å². The Bertz CT molecular complexity index is 185. The zero-order valence-electron chi connectivity index (χ0n) is 9.25. The summed E-state index contributed by atoms with van der Waals surface area (Å²) in [5, 5.41) is 8.03. The molecule has 3 heteroatoms. The van der Waals surface area contributed by atoms with Crippen LogP contribution in [0.3, 0.4) is 0 Å². The second-order valence-electron chi connectivity index (χ2n) is 2.72. The third-order valence-corrected chi connectivity index (χ3v) is 1.54. The molecule has 0 amide bonds. The third-order valence-electron chi connectivity index (χ3n) is 1.54. The molecule has 0 aliphatic carbocycles. The minimum Gasteiger partial charge on any atom is -0.252 e. The molecule has 0 radical (unpaired) electrons. The van der Waals surface area contributed by atoms with Crippen LogP contribution in [0.5, 0.6) is 0 Å². The summed E-state index contributed by atoms with van der Waals surface area (Å²) in [6.07, 6.45) is 5.34. The van der Waals surface area contributed by atoms with Crippen LogP contribution in [-0.2, 0) is 13.0 Å². The highest BCUT2D eigenvalue weighted by molar-refractivity contribution is 4.91. The van der Waals surface area contributed by atoms with Crippen LogP contribution in [0.15, 0.2) is 6.20 Å². The van der Waals surface area contributed by atoms with E-state index in [0.717, 1.165) is 31.5 Å². The Labute approximate surface area is 81.2 Å². The van der Waals surface area contributed by atoms with Gasteiger partial charge in [0.15, 0.2) is 0 Å². The molecule has 0 N–H and O–H groups in total. The first-order valence-electron chi connectivity index (χ1n) is 5.25. The molecule has 0 aromatic carbocycles. The quantitative estimate of drug-likeness (QED) is 0.718. The summed E-state index contributed by atoms with van der Waals surface area (Å²) in [5.74, 6) is 0. The van der Waals surface area contributed by atoms with Gasteiger partial charge in [-0.3, -0.25) is 4.68 Å². The van der Waals surface area contributed by atoms with Gasteiger partial charge in [0, 0.05) is 12.7 Å². The van der Waals surface area contributed by atoms with Crippen LogP contribution >= 0.6 is 0 Å². The van der Waals surface area contributed by atoms with Gasteiger partial charge in [-0.1, -0.05) is 39.3 Å². The SMILES string of the molecule is CC.CCCc1cn(CCC)nn1. The molecule has 0 spiro atoms. The average Bonchev–Trinajstić information content (AvgIpc) is 2.58. The fraction of sp³-hybridized carbons (Fsp3) is 0.800. The van der Waals surface area contributed by atoms with Gasteiger partial charge in [-0.15, -0.1) is 5.10 Å². The highest BCUT2D eigenvalue weighted by Crippen LogP contribution is 1.97. The minimum absolute atomic E-state index is 0.983. The van der Waals surface area contributed by atoms with E-state index in [2.05, 4.69) is 24.2 Å². The zero-order valence-corrected chi connectivity index (χ0v) is 9.25. The molecule has 0 aliphatic heterocycles. The molecule has 0 saturated heterocycles. The van der Waals surface area contributed by atoms with Crippen molar-refractivity contribution in [1.82, 2.24) is 15.0 Å². The molecule has 0 aliphatic rings. The van der Waals surface area contributed by atoms with Crippen LogP contribution in [0.25, 0.3) is 0 Å². The molecular formula is C10H21N3. The molecule has 0 fully saturated rings. The van der Waals surface area contributed by atoms with Gasteiger partial charge in [0.1, 0.15) is 0 Å². The fourth-order valence-corrected chi connectivity index (χ4v) is 1.05. The van der Waals surface area contributed by atoms with Crippen molar-refractivity contribution >= 4 is 0 Å². The van der Waals surface area contributed by atoms with Crippen molar-refractivity contribution in [3.63, 3.8) is 0 Å². The number of hydrogen-bond acceptors (Lipinski definition) is 2. The molecule has 0 bridgehead atoms. The normalized spacial score (nSPS) is 9.23. The van der Waals surface area contributed by atoms with Crippen LogP contribution < -0.4 is 0 Å². The zero-order chi connectivity index (χ0) is 10.1. The first-order valence-corrected chi connectivity index (χ1v) is 5.25. The van der Waals surface area contributed by atoms with Crippen LogP contribution in [0.2, 0.25) is 0 Å². The Hall–Kier alpha value is -0.860. The van der Waals surface area contributed by atoms with Crippen LogP contribution in [0.1, 0.15) is 46.2 Å². The van der Waals surface area contributed by atoms with Crippen molar-refractivity contribution in [2.75, 3.05) is 0 Å². The predicted molar refractivity (Wildman–Crippen MR) is 55.7 cm³/mol. The van der Waals surface area contributed by atoms with Crippen LogP contribution in [0, 0.1) is 0 Å². The van der Waals surface area contributed by atoms with Gasteiger partial charge >= 0.3 is 0 Å². The summed E-state index contributed by atoms with van der Waals surface area (Å²) in [6, 6.07) is 0. The van der Waals surface area contributed by atoms with Crippen molar-refractivity contribution in [3.05, 3.63) is 11.9 Å². The Morgan fingerprint density at radius 3 is 2.46 bits per heavy atom. The van der Waals surface area contributed by atoms with E-state index in [1.807, 2.05) is 24.7 Å². The van der Waals surface area contributed by atoms with Gasteiger partial charge in [0.25, 0.3) is 0 Å². The first kappa shape index (κ1) is 12.1. The Morgan fingerprint density at radius 1 is 1.23 bits per heavy atom. The highest BCUT2D eigenvalue weighted by Gasteiger charge is 1.96. The van der Waals surface area contributed by atoms with Crippen LogP contribution in [-0.4, -0.2) is 15.0 Å². The topological polar surface area (TPSA) is 30.7 Å². The standard InChI is InChI=1S/C8H15N3.C2H6/c1-3-5-8-7-11(6-4-2)10-9-8;1-2/h7H,3-6H2,1-2H3;1-2H3. The van der Waals surface area contributed by atoms with Gasteiger partial charge in [0.2, 0.25) is 0 Å². The number of rotatable bonds is 4. The average molecular weight is 183 g/mol. The number of hydrogen-bond donors (Lipinski definition) is 0. The van der Waals surface area contributed by atoms with Gasteiger partial charge in [0.05, 0.1) is 5.69 Å². The smallest absolute Gasteiger partial charge is 0.0827 e. The van der Waals surface area contributed by atoms with Crippen molar-refractivity contribution < 1.29 is 0 Å². The maximum atomic E-state index is 4.04. The maximum Gasteiger partial charge on any atom is 0.0827 e. The molecule has 1 rings (SSSR count). The summed E-state index contributed by atoms with van der Waals surface area (Å²) >= 11 is 0. The molecule has 0 saturated carbocycles. The lowest BCUT2D eigenvalue weighted by Crippen LogP contribution is -1.96. The van der Waals surface area contributed by atoms with E-state index in [1.54, 1.807) is 0 Å². The fourth-order valence-electron chi connectivity index (χ4n) is 1.05. The van der Waals surface area contributed by atoms with Gasteiger partial charge in [-0.25, -0.2) is 0 Å². The van der Waals surface area contributed by atoms with E-state index < -0.39 is 0 Å². The van der Waals surface area contributed by atoms with Crippen molar-refractivity contribution in [2.24, 2.45) is 0 Å². The van der Waals surface area contributed by atoms with Gasteiger partial charge < -0.3 is 0 Å². The van der Waals surface area contributed by atoms with Gasteiger partial charge in [-0.2, -0.15) is 0 Å². The van der Waals surface area contributed by atoms with E-state index >= 15 is 0 Å². The molecule has 1 heterocycles. The molecule has 13 heavy (non-hydrogen) atoms. The molecule has 1 aromatic heterocycles. The number of aryl methyl sites for hydroxylation is 2. The number of aromatic nitrogens is 3. The lowest BCUT2D eigenvalue weighted by atomic mass is 10.3. The molecule has 3 nitrogen and oxygen atoms in total. The Balaban J connectivity index is 0.000000671. The van der Waals surface area contributed by atoms with Gasteiger partial charge in [-0.05, 0) is 12.8 Å². The second-order valence-corrected chi connectivity index (χ2v) is 2.72. The monoisotopic (exact) mass is 183 g/mol. The van der Waals surface area contributed by atoms with E-state index in [0.29, 0.717) is 0 Å². The Morgan fingerprint density at radius 2 is 1.92 bits per heavy atom. The first-order chi connectivity index (χ1) is 6.36. The van der Waals surface area contributed by atoms with Crippen LogP contribution in [0.4, 0.5) is 0 Å². The highest BCUT2D eigenvalue weighted by atomic mass is 15.4. The summed E-state index contributed by atoms with van der Waals surface area (Å²) in [5.41, 5.74) is 1.11. The molecule has 0 atom stereocenters. The van der Waals surface area contributed by atoms with E-state index in [1.165, 1.54) is 0 Å². The lowest BCUT2D eigenvalue weighted by Gasteiger charge is -1.92. The molecule has 1 aromatic rings. The molecular weight excluding hydrogens is 162 g/mol. The van der Waals surface area contributed by atoms with E-state index in [-0.39, 0.29) is 0 Å². The minimum atomic E-state index is 0.983. The maximum absolute atomic E-state index is 4.04. The summed E-state index contributed by atoms with van der Waals surface area (Å²) < 4.78 is 1.91. The summed E-state index contributed by atoms with van der Waals surface area (Å²) in [7, 11) is 0. The largest absolute Gasteiger partial charge is 0.252 e. The molecule has 76 valence electrons. The predicted octanol–water partition coefficient (Wildman–Crippen LogP) is 2.67. The summed E-state index contributed by atoms with van der Waals surface area (Å²) in [4.78, 5) is 0. The van der Waals surface area contributed by atoms with Crippen molar-refractivity contribution in [1.29, 1.82) is 0 Å².